The minimum atomic E-state index is -1.33. The highest BCUT2D eigenvalue weighted by Crippen LogP contribution is 2.20. The molecule has 1 aromatic heterocycles. The lowest BCUT2D eigenvalue weighted by Crippen LogP contribution is -2.41. The number of aliphatic hydroxyl groups excluding tert-OH is 1. The van der Waals surface area contributed by atoms with Crippen LogP contribution >= 0.6 is 11.3 Å². The minimum Gasteiger partial charge on any atom is -0.383 e. The lowest BCUT2D eigenvalue weighted by molar-refractivity contribution is -0.129. The molecule has 168 valence electrons. The van der Waals surface area contributed by atoms with Gasteiger partial charge in [0.25, 0.3) is 0 Å². The highest BCUT2D eigenvalue weighted by molar-refractivity contribution is 7.15. The number of nitrogen functional groups attached to an aromatic ring is 1. The third-order valence-electron chi connectivity index (χ3n) is 4.73. The fourth-order valence-corrected chi connectivity index (χ4v) is 3.67. The van der Waals surface area contributed by atoms with Gasteiger partial charge in [0, 0.05) is 24.0 Å². The maximum absolute atomic E-state index is 13.8. The minimum absolute atomic E-state index is 0.0987. The molecule has 2 atom stereocenters. The molecule has 32 heavy (non-hydrogen) atoms. The molecule has 3 rings (SSSR count). The molecule has 7 nitrogen and oxygen atoms in total. The first kappa shape index (κ1) is 23.3. The monoisotopic (exact) mass is 460 g/mol. The molecule has 0 aliphatic carbocycles. The number of amides is 2. The molecular formula is C22H22F2N4O3S. The average molecular weight is 461 g/mol. The molecule has 0 saturated heterocycles. The van der Waals surface area contributed by atoms with E-state index in [0.29, 0.717) is 10.0 Å². The van der Waals surface area contributed by atoms with Crippen LogP contribution in [0.15, 0.2) is 54.7 Å². The lowest BCUT2D eigenvalue weighted by Gasteiger charge is -2.19. The number of rotatable bonds is 9. The zero-order chi connectivity index (χ0) is 23.1. The second kappa shape index (κ2) is 10.8. The Morgan fingerprint density at radius 3 is 2.47 bits per heavy atom. The molecule has 0 saturated carbocycles. The second-order valence-corrected chi connectivity index (χ2v) is 8.21. The van der Waals surface area contributed by atoms with Crippen LogP contribution in [0, 0.1) is 11.6 Å². The van der Waals surface area contributed by atoms with Crippen molar-refractivity contribution in [3.8, 4) is 0 Å². The standard InChI is InChI=1S/C22H22F2N4O3S/c23-17-7-6-14(9-18(17)24)16(20(30)26-10-15-11-28-22(25)32-15)12-27-21(31)19(29)8-13-4-2-1-3-5-13/h1-7,9,11,16,19,29H,8,10,12H2,(H2,25,28)(H,26,30)(H,27,31)/t16-,19+/m0/s1. The zero-order valence-electron chi connectivity index (χ0n) is 16.9. The summed E-state index contributed by atoms with van der Waals surface area (Å²) in [6.07, 6.45) is 0.294. The number of carbonyl (C=O) groups is 2. The number of anilines is 1. The van der Waals surface area contributed by atoms with Gasteiger partial charge in [-0.15, -0.1) is 11.3 Å². The first-order valence-corrected chi connectivity index (χ1v) is 10.6. The number of aliphatic hydroxyl groups is 1. The molecule has 2 aromatic carbocycles. The van der Waals surface area contributed by atoms with Crippen LogP contribution in [-0.2, 0) is 22.6 Å². The summed E-state index contributed by atoms with van der Waals surface area (Å²) in [5, 5.41) is 15.7. The molecular weight excluding hydrogens is 438 g/mol. The van der Waals surface area contributed by atoms with Gasteiger partial charge in [-0.2, -0.15) is 0 Å². The van der Waals surface area contributed by atoms with Crippen molar-refractivity contribution in [3.63, 3.8) is 0 Å². The van der Waals surface area contributed by atoms with Crippen molar-refractivity contribution < 1.29 is 23.5 Å². The van der Waals surface area contributed by atoms with Crippen LogP contribution in [0.2, 0.25) is 0 Å². The topological polar surface area (TPSA) is 117 Å². The Morgan fingerprint density at radius 1 is 1.06 bits per heavy atom. The van der Waals surface area contributed by atoms with Gasteiger partial charge in [0.2, 0.25) is 11.8 Å². The molecule has 0 aliphatic rings. The summed E-state index contributed by atoms with van der Waals surface area (Å²) in [4.78, 5) is 29.8. The molecule has 0 bridgehead atoms. The Balaban J connectivity index is 1.67. The van der Waals surface area contributed by atoms with E-state index in [1.54, 1.807) is 24.3 Å². The smallest absolute Gasteiger partial charge is 0.249 e. The summed E-state index contributed by atoms with van der Waals surface area (Å²) in [7, 11) is 0. The van der Waals surface area contributed by atoms with E-state index < -0.39 is 35.5 Å². The number of thiazole rings is 1. The van der Waals surface area contributed by atoms with Crippen LogP contribution in [0.5, 0.6) is 0 Å². The van der Waals surface area contributed by atoms with Crippen molar-refractivity contribution in [3.05, 3.63) is 82.4 Å². The highest BCUT2D eigenvalue weighted by atomic mass is 32.1. The van der Waals surface area contributed by atoms with Gasteiger partial charge >= 0.3 is 0 Å². The van der Waals surface area contributed by atoms with Gasteiger partial charge in [0.15, 0.2) is 16.8 Å². The van der Waals surface area contributed by atoms with Gasteiger partial charge in [-0.05, 0) is 23.3 Å². The number of benzene rings is 2. The Morgan fingerprint density at radius 2 is 1.81 bits per heavy atom. The van der Waals surface area contributed by atoms with Crippen LogP contribution in [0.3, 0.4) is 0 Å². The SMILES string of the molecule is Nc1ncc(CNC(=O)[C@@H](CNC(=O)[C@H](O)Cc2ccccc2)c2ccc(F)c(F)c2)s1. The molecule has 0 unspecified atom stereocenters. The fourth-order valence-electron chi connectivity index (χ4n) is 3.04. The van der Waals surface area contributed by atoms with E-state index in [2.05, 4.69) is 15.6 Å². The highest BCUT2D eigenvalue weighted by Gasteiger charge is 2.24. The molecule has 1 heterocycles. The van der Waals surface area contributed by atoms with E-state index in [1.807, 2.05) is 6.07 Å². The maximum Gasteiger partial charge on any atom is 0.249 e. The van der Waals surface area contributed by atoms with Crippen molar-refractivity contribution in [2.45, 2.75) is 25.0 Å². The number of hydrogen-bond acceptors (Lipinski definition) is 6. The Hall–Kier alpha value is -3.37. The largest absolute Gasteiger partial charge is 0.383 e. The molecule has 2 amide bonds. The van der Waals surface area contributed by atoms with E-state index in [4.69, 9.17) is 5.73 Å². The van der Waals surface area contributed by atoms with E-state index >= 15 is 0 Å². The van der Waals surface area contributed by atoms with Crippen LogP contribution in [0.1, 0.15) is 21.9 Å². The van der Waals surface area contributed by atoms with E-state index in [9.17, 15) is 23.5 Å². The quantitative estimate of drug-likeness (QED) is 0.390. The summed E-state index contributed by atoms with van der Waals surface area (Å²) >= 11 is 1.20. The van der Waals surface area contributed by atoms with Crippen LogP contribution in [-0.4, -0.2) is 34.6 Å². The average Bonchev–Trinajstić information content (AvgIpc) is 3.20. The number of aromatic nitrogens is 1. The van der Waals surface area contributed by atoms with Crippen molar-refractivity contribution in [2.75, 3.05) is 12.3 Å². The van der Waals surface area contributed by atoms with Gasteiger partial charge in [-0.1, -0.05) is 36.4 Å². The van der Waals surface area contributed by atoms with Gasteiger partial charge in [-0.3, -0.25) is 9.59 Å². The van der Waals surface area contributed by atoms with Crippen LogP contribution in [0.25, 0.3) is 0 Å². The fraction of sp³-hybridized carbons (Fsp3) is 0.227. The summed E-state index contributed by atoms with van der Waals surface area (Å²) in [6.45, 7) is -0.0785. The molecule has 5 N–H and O–H groups in total. The van der Waals surface area contributed by atoms with Gasteiger partial charge in [-0.25, -0.2) is 13.8 Å². The summed E-state index contributed by atoms with van der Waals surface area (Å²) in [6, 6.07) is 12.1. The third kappa shape index (κ3) is 6.32. The van der Waals surface area contributed by atoms with Gasteiger partial charge in [0.1, 0.15) is 6.10 Å². The number of carbonyl (C=O) groups excluding carboxylic acids is 2. The number of halogens is 2. The van der Waals surface area contributed by atoms with E-state index in [-0.39, 0.29) is 25.1 Å². The van der Waals surface area contributed by atoms with E-state index in [1.165, 1.54) is 23.6 Å². The van der Waals surface area contributed by atoms with Crippen LogP contribution in [0.4, 0.5) is 13.9 Å². The number of nitrogens with zero attached hydrogens (tertiary/aromatic N) is 1. The molecule has 0 aliphatic heterocycles. The van der Waals surface area contributed by atoms with Crippen molar-refractivity contribution in [2.24, 2.45) is 0 Å². The Bertz CT molecular complexity index is 1080. The van der Waals surface area contributed by atoms with Crippen molar-refractivity contribution in [1.29, 1.82) is 0 Å². The Labute approximate surface area is 187 Å². The Kier molecular flexibility index (Phi) is 7.85. The first-order chi connectivity index (χ1) is 15.3. The van der Waals surface area contributed by atoms with Gasteiger partial charge in [0.05, 0.1) is 12.5 Å². The van der Waals surface area contributed by atoms with Crippen molar-refractivity contribution in [1.82, 2.24) is 15.6 Å². The summed E-state index contributed by atoms with van der Waals surface area (Å²) in [5.74, 6) is -4.35. The molecule has 3 aromatic rings. The zero-order valence-corrected chi connectivity index (χ0v) is 17.7. The predicted octanol–water partition coefficient (Wildman–Crippen LogP) is 2.12. The van der Waals surface area contributed by atoms with E-state index in [0.717, 1.165) is 17.7 Å². The number of nitrogens with one attached hydrogen (secondary N) is 2. The molecule has 10 heteroatoms. The summed E-state index contributed by atoms with van der Waals surface area (Å²) < 4.78 is 27.1. The molecule has 0 radical (unpaired) electrons. The normalized spacial score (nSPS) is 12.7. The van der Waals surface area contributed by atoms with Crippen molar-refractivity contribution >= 4 is 28.3 Å². The maximum atomic E-state index is 13.8. The number of nitrogens with two attached hydrogens (primary N) is 1. The molecule has 0 spiro atoms. The first-order valence-electron chi connectivity index (χ1n) is 9.76. The lowest BCUT2D eigenvalue weighted by atomic mass is 9.97. The van der Waals surface area contributed by atoms with Gasteiger partial charge < -0.3 is 21.5 Å². The van der Waals surface area contributed by atoms with Crippen LogP contribution < -0.4 is 16.4 Å². The predicted molar refractivity (Wildman–Crippen MR) is 117 cm³/mol. The molecule has 0 fully saturated rings. The second-order valence-electron chi connectivity index (χ2n) is 7.06. The summed E-state index contributed by atoms with van der Waals surface area (Å²) in [5.41, 5.74) is 6.53. The number of hydrogen-bond donors (Lipinski definition) is 4. The third-order valence-corrected chi connectivity index (χ3v) is 5.55.